The Labute approximate surface area is 167 Å². The fourth-order valence-corrected chi connectivity index (χ4v) is 4.19. The Kier molecular flexibility index (Phi) is 6.16. The maximum absolute atomic E-state index is 12.2. The summed E-state index contributed by atoms with van der Waals surface area (Å²) in [4.78, 5) is 26.7. The van der Waals surface area contributed by atoms with Gasteiger partial charge in [0.1, 0.15) is 17.2 Å². The van der Waals surface area contributed by atoms with Crippen molar-refractivity contribution in [3.63, 3.8) is 0 Å². The zero-order chi connectivity index (χ0) is 20.1. The summed E-state index contributed by atoms with van der Waals surface area (Å²) in [6.07, 6.45) is 7.40. The lowest BCUT2D eigenvalue weighted by atomic mass is 9.94. The van der Waals surface area contributed by atoms with Crippen LogP contribution in [0, 0.1) is 11.3 Å². The van der Waals surface area contributed by atoms with E-state index in [9.17, 15) is 14.9 Å². The number of amides is 2. The second-order valence-corrected chi connectivity index (χ2v) is 7.57. The van der Waals surface area contributed by atoms with Gasteiger partial charge in [0.15, 0.2) is 0 Å². The summed E-state index contributed by atoms with van der Waals surface area (Å²) in [6, 6.07) is 3.94. The number of hydrogen-bond acceptors (Lipinski definition) is 6. The van der Waals surface area contributed by atoms with Crippen LogP contribution < -0.4 is 5.32 Å². The quantitative estimate of drug-likeness (QED) is 0.772. The number of ether oxygens (including phenoxy) is 1. The Balaban J connectivity index is 1.69. The van der Waals surface area contributed by atoms with E-state index >= 15 is 0 Å². The van der Waals surface area contributed by atoms with Crippen molar-refractivity contribution in [1.29, 1.82) is 5.26 Å². The monoisotopic (exact) mass is 399 g/mol. The number of thiophene rings is 1. The van der Waals surface area contributed by atoms with E-state index in [1.54, 1.807) is 19.2 Å². The highest BCUT2D eigenvalue weighted by Gasteiger charge is 2.28. The van der Waals surface area contributed by atoms with E-state index in [-0.39, 0.29) is 18.1 Å². The van der Waals surface area contributed by atoms with Gasteiger partial charge in [-0.3, -0.25) is 4.79 Å². The van der Waals surface area contributed by atoms with Crippen molar-refractivity contribution in [2.24, 2.45) is 0 Å². The largest absolute Gasteiger partial charge is 0.472 e. The van der Waals surface area contributed by atoms with Crippen LogP contribution in [0.15, 0.2) is 29.1 Å². The third-order valence-corrected chi connectivity index (χ3v) is 5.76. The Bertz CT molecular complexity index is 924. The van der Waals surface area contributed by atoms with Gasteiger partial charge in [0.25, 0.3) is 0 Å². The van der Waals surface area contributed by atoms with Gasteiger partial charge in [-0.15, -0.1) is 11.3 Å². The van der Waals surface area contributed by atoms with E-state index in [0.29, 0.717) is 36.4 Å². The predicted octanol–water partition coefficient (Wildman–Crippen LogP) is 3.81. The smallest absolute Gasteiger partial charge is 0.409 e. The molecule has 8 heteroatoms. The average Bonchev–Trinajstić information content (AvgIpc) is 3.32. The number of nitrogens with one attached hydrogen (secondary N) is 1. The molecule has 0 saturated heterocycles. The first-order chi connectivity index (χ1) is 13.5. The number of nitriles is 1. The summed E-state index contributed by atoms with van der Waals surface area (Å²) < 4.78 is 10.5. The summed E-state index contributed by atoms with van der Waals surface area (Å²) in [5.74, 6) is -0.316. The molecule has 1 aliphatic rings. The van der Waals surface area contributed by atoms with E-state index in [0.717, 1.165) is 16.0 Å². The van der Waals surface area contributed by atoms with Gasteiger partial charge in [-0.1, -0.05) is 0 Å². The number of rotatable bonds is 5. The van der Waals surface area contributed by atoms with Gasteiger partial charge in [-0.25, -0.2) is 4.79 Å². The van der Waals surface area contributed by atoms with E-state index < -0.39 is 0 Å². The molecular formula is C20H21N3O4S. The number of fused-ring (bicyclic) bond motifs is 1. The molecule has 0 aromatic carbocycles. The molecular weight excluding hydrogens is 378 g/mol. The molecule has 1 unspecified atom stereocenters. The minimum absolute atomic E-state index is 0.219. The molecule has 2 amide bonds. The third-order valence-electron chi connectivity index (χ3n) is 4.59. The topological polar surface area (TPSA) is 95.6 Å². The molecule has 0 saturated carbocycles. The summed E-state index contributed by atoms with van der Waals surface area (Å²) in [6.45, 7) is 2.46. The highest BCUT2D eigenvalue weighted by atomic mass is 32.1. The molecule has 146 valence electrons. The van der Waals surface area contributed by atoms with Gasteiger partial charge in [-0.2, -0.15) is 5.26 Å². The van der Waals surface area contributed by atoms with Crippen LogP contribution in [0.1, 0.15) is 34.9 Å². The van der Waals surface area contributed by atoms with Gasteiger partial charge < -0.3 is 19.4 Å². The highest BCUT2D eigenvalue weighted by molar-refractivity contribution is 7.16. The molecule has 7 nitrogen and oxygen atoms in total. The van der Waals surface area contributed by atoms with Crippen LogP contribution in [0.25, 0.3) is 6.08 Å². The normalized spacial score (nSPS) is 15.7. The molecule has 0 radical (unpaired) electrons. The predicted molar refractivity (Wildman–Crippen MR) is 106 cm³/mol. The molecule has 28 heavy (non-hydrogen) atoms. The number of hydrogen-bond donors (Lipinski definition) is 1. The van der Waals surface area contributed by atoms with Crippen molar-refractivity contribution in [2.75, 3.05) is 18.9 Å². The lowest BCUT2D eigenvalue weighted by molar-refractivity contribution is -0.111. The second kappa shape index (κ2) is 8.76. The van der Waals surface area contributed by atoms with Crippen molar-refractivity contribution < 1.29 is 18.7 Å². The summed E-state index contributed by atoms with van der Waals surface area (Å²) in [5.41, 5.74) is 2.22. The zero-order valence-electron chi connectivity index (χ0n) is 15.7. The fraction of sp³-hybridized carbons (Fsp3) is 0.350. The standard InChI is InChI=1S/C20H21N3O4S/c1-3-23(2)20(25)27-14-5-6-15-16(11-21)19(28-17(15)10-14)22-18(24)7-4-13-8-9-26-12-13/h4,7-9,12,14H,3,5-6,10H2,1-2H3,(H,22,24)/b7-4+. The fourth-order valence-electron chi connectivity index (χ4n) is 2.92. The summed E-state index contributed by atoms with van der Waals surface area (Å²) in [7, 11) is 1.69. The minimum atomic E-state index is -0.342. The maximum Gasteiger partial charge on any atom is 0.409 e. The van der Waals surface area contributed by atoms with Crippen LogP contribution in [0.4, 0.5) is 9.80 Å². The molecule has 2 aromatic rings. The Morgan fingerprint density at radius 2 is 2.36 bits per heavy atom. The first-order valence-electron chi connectivity index (χ1n) is 8.99. The van der Waals surface area contributed by atoms with Crippen molar-refractivity contribution in [2.45, 2.75) is 32.3 Å². The number of carbonyl (C=O) groups excluding carboxylic acids is 2. The maximum atomic E-state index is 12.2. The first-order valence-corrected chi connectivity index (χ1v) is 9.81. The van der Waals surface area contributed by atoms with Crippen molar-refractivity contribution in [3.05, 3.63) is 46.2 Å². The Morgan fingerprint density at radius 1 is 1.54 bits per heavy atom. The van der Waals surface area contributed by atoms with Crippen LogP contribution in [0.3, 0.4) is 0 Å². The van der Waals surface area contributed by atoms with Crippen LogP contribution in [0.5, 0.6) is 0 Å². The lowest BCUT2D eigenvalue weighted by Crippen LogP contribution is -2.33. The second-order valence-electron chi connectivity index (χ2n) is 6.46. The zero-order valence-corrected chi connectivity index (χ0v) is 16.5. The van der Waals surface area contributed by atoms with Gasteiger partial charge >= 0.3 is 6.09 Å². The van der Waals surface area contributed by atoms with Gasteiger partial charge in [0.05, 0.1) is 18.1 Å². The van der Waals surface area contributed by atoms with Crippen LogP contribution in [0.2, 0.25) is 0 Å². The number of anilines is 1. The van der Waals surface area contributed by atoms with Gasteiger partial charge in [-0.05, 0) is 37.5 Å². The molecule has 0 spiro atoms. The molecule has 1 aliphatic carbocycles. The average molecular weight is 399 g/mol. The van der Waals surface area contributed by atoms with Crippen molar-refractivity contribution >= 4 is 34.4 Å². The van der Waals surface area contributed by atoms with Crippen molar-refractivity contribution in [1.82, 2.24) is 4.90 Å². The number of nitrogens with zero attached hydrogens (tertiary/aromatic N) is 2. The van der Waals surface area contributed by atoms with E-state index in [1.807, 2.05) is 6.92 Å². The number of furan rings is 1. The van der Waals surface area contributed by atoms with Crippen LogP contribution >= 0.6 is 11.3 Å². The van der Waals surface area contributed by atoms with E-state index in [4.69, 9.17) is 9.15 Å². The van der Waals surface area contributed by atoms with Gasteiger partial charge in [0.2, 0.25) is 5.91 Å². The molecule has 3 rings (SSSR count). The Morgan fingerprint density at radius 3 is 3.04 bits per heavy atom. The number of carbonyl (C=O) groups is 2. The van der Waals surface area contributed by atoms with Crippen molar-refractivity contribution in [3.8, 4) is 6.07 Å². The SMILES string of the molecule is CCN(C)C(=O)OC1CCc2c(sc(NC(=O)/C=C/c3ccoc3)c2C#N)C1. The minimum Gasteiger partial charge on any atom is -0.472 e. The summed E-state index contributed by atoms with van der Waals surface area (Å²) in [5, 5.41) is 12.9. The van der Waals surface area contributed by atoms with Crippen LogP contribution in [-0.2, 0) is 22.4 Å². The third kappa shape index (κ3) is 4.43. The Hall–Kier alpha value is -3.05. The molecule has 0 bridgehead atoms. The van der Waals surface area contributed by atoms with E-state index in [2.05, 4.69) is 11.4 Å². The first kappa shape index (κ1) is 19.7. The van der Waals surface area contributed by atoms with Gasteiger partial charge in [0, 0.05) is 36.5 Å². The van der Waals surface area contributed by atoms with E-state index in [1.165, 1.54) is 34.8 Å². The molecule has 2 heterocycles. The molecule has 1 N–H and O–H groups in total. The molecule has 2 aromatic heterocycles. The van der Waals surface area contributed by atoms with Crippen LogP contribution in [-0.4, -0.2) is 36.6 Å². The molecule has 0 aliphatic heterocycles. The lowest BCUT2D eigenvalue weighted by Gasteiger charge is -2.24. The summed E-state index contributed by atoms with van der Waals surface area (Å²) >= 11 is 1.37. The highest BCUT2D eigenvalue weighted by Crippen LogP contribution is 2.38. The molecule has 1 atom stereocenters. The molecule has 0 fully saturated rings.